The van der Waals surface area contributed by atoms with Crippen LogP contribution in [0.5, 0.6) is 0 Å². The lowest BCUT2D eigenvalue weighted by molar-refractivity contribution is -0.274. The van der Waals surface area contributed by atoms with Crippen molar-refractivity contribution in [1.29, 1.82) is 0 Å². The lowest BCUT2D eigenvalue weighted by Gasteiger charge is -2.43. The van der Waals surface area contributed by atoms with Crippen LogP contribution >= 0.6 is 0 Å². The number of rotatable bonds is 5. The molecule has 1 rings (SSSR count). The zero-order chi connectivity index (χ0) is 18.4. The first-order valence-corrected chi connectivity index (χ1v) is 7.08. The van der Waals surface area contributed by atoms with Crippen LogP contribution in [0.15, 0.2) is 0 Å². The van der Waals surface area contributed by atoms with Crippen LogP contribution < -0.4 is 5.32 Å². The van der Waals surface area contributed by atoms with Crippen LogP contribution in [0.1, 0.15) is 20.8 Å². The van der Waals surface area contributed by atoms with Crippen molar-refractivity contribution in [2.24, 2.45) is 0 Å². The number of amides is 1. The number of ether oxygens (including phenoxy) is 5. The monoisotopic (exact) mass is 347 g/mol. The summed E-state index contributed by atoms with van der Waals surface area (Å²) in [7, 11) is 2.43. The second kappa shape index (κ2) is 8.60. The third-order valence-corrected chi connectivity index (χ3v) is 3.21. The first-order chi connectivity index (χ1) is 11.2. The van der Waals surface area contributed by atoms with Gasteiger partial charge < -0.3 is 29.0 Å². The van der Waals surface area contributed by atoms with Crippen LogP contribution in [0.4, 0.5) is 0 Å². The van der Waals surface area contributed by atoms with Crippen molar-refractivity contribution in [2.45, 2.75) is 51.4 Å². The van der Waals surface area contributed by atoms with Crippen molar-refractivity contribution < 1.29 is 42.9 Å². The van der Waals surface area contributed by atoms with Gasteiger partial charge in [-0.3, -0.25) is 14.4 Å². The van der Waals surface area contributed by atoms with Crippen LogP contribution in [-0.4, -0.2) is 68.7 Å². The molecule has 1 aliphatic heterocycles. The summed E-state index contributed by atoms with van der Waals surface area (Å²) in [5.74, 6) is -2.67. The molecule has 5 unspecified atom stereocenters. The zero-order valence-electron chi connectivity index (χ0n) is 14.1. The highest BCUT2D eigenvalue weighted by Crippen LogP contribution is 2.27. The average Bonchev–Trinajstić information content (AvgIpc) is 2.47. The Kier molecular flexibility index (Phi) is 7.11. The van der Waals surface area contributed by atoms with E-state index in [2.05, 4.69) is 10.1 Å². The largest absolute Gasteiger partial charge is 0.467 e. The minimum absolute atomic E-state index is 0.466. The zero-order valence-corrected chi connectivity index (χ0v) is 14.1. The molecule has 0 aromatic rings. The lowest BCUT2D eigenvalue weighted by atomic mass is 9.95. The molecule has 0 bridgehead atoms. The second-order valence-corrected chi connectivity index (χ2v) is 5.06. The quantitative estimate of drug-likeness (QED) is 0.487. The van der Waals surface area contributed by atoms with Gasteiger partial charge in [-0.2, -0.15) is 0 Å². The van der Waals surface area contributed by atoms with Crippen molar-refractivity contribution in [2.75, 3.05) is 14.2 Å². The summed E-state index contributed by atoms with van der Waals surface area (Å²) < 4.78 is 25.4. The molecule has 10 heteroatoms. The standard InChI is InChI=1S/C14H21NO9/c1-6(16)15-9-10(20-4)12(22-7(2)17)14(23-8(3)18)24-11(9)13(19)21-5/h9-12,14H,1-5H3,(H,15,16). The van der Waals surface area contributed by atoms with Gasteiger partial charge in [-0.25, -0.2) is 4.79 Å². The molecule has 1 aliphatic rings. The summed E-state index contributed by atoms with van der Waals surface area (Å²) >= 11 is 0. The van der Waals surface area contributed by atoms with Gasteiger partial charge in [-0.1, -0.05) is 0 Å². The number of hydrogen-bond donors (Lipinski definition) is 1. The maximum Gasteiger partial charge on any atom is 0.337 e. The highest BCUT2D eigenvalue weighted by Gasteiger charge is 2.53. The van der Waals surface area contributed by atoms with E-state index in [1.54, 1.807) is 0 Å². The Balaban J connectivity index is 3.24. The third-order valence-electron chi connectivity index (χ3n) is 3.21. The van der Waals surface area contributed by atoms with E-state index < -0.39 is 54.5 Å². The minimum Gasteiger partial charge on any atom is -0.467 e. The molecule has 0 saturated carbocycles. The van der Waals surface area contributed by atoms with Gasteiger partial charge in [0.15, 0.2) is 12.2 Å². The van der Waals surface area contributed by atoms with Crippen molar-refractivity contribution in [1.82, 2.24) is 5.32 Å². The van der Waals surface area contributed by atoms with Gasteiger partial charge in [0.1, 0.15) is 6.10 Å². The van der Waals surface area contributed by atoms with Gasteiger partial charge in [-0.15, -0.1) is 0 Å². The molecule has 0 aromatic carbocycles. The predicted octanol–water partition coefficient (Wildman–Crippen LogP) is -1.10. The van der Waals surface area contributed by atoms with Crippen LogP contribution in [0.3, 0.4) is 0 Å². The summed E-state index contributed by atoms with van der Waals surface area (Å²) in [6, 6.07) is -1.02. The van der Waals surface area contributed by atoms with Gasteiger partial charge >= 0.3 is 17.9 Å². The molecule has 0 spiro atoms. The highest BCUT2D eigenvalue weighted by molar-refractivity contribution is 5.79. The molecule has 1 heterocycles. The van der Waals surface area contributed by atoms with Crippen LogP contribution in [0, 0.1) is 0 Å². The van der Waals surface area contributed by atoms with Gasteiger partial charge in [-0.05, 0) is 0 Å². The average molecular weight is 347 g/mol. The van der Waals surface area contributed by atoms with Crippen LogP contribution in [0.25, 0.3) is 0 Å². The SMILES string of the molecule is COC(=O)C1OC(OC(C)=O)C(OC(C)=O)C(OC)C1NC(C)=O. The molecule has 1 N–H and O–H groups in total. The highest BCUT2D eigenvalue weighted by atomic mass is 16.7. The molecule has 0 aliphatic carbocycles. The first-order valence-electron chi connectivity index (χ1n) is 7.08. The Labute approximate surface area is 138 Å². The number of hydrogen-bond acceptors (Lipinski definition) is 9. The van der Waals surface area contributed by atoms with Crippen LogP contribution in [0.2, 0.25) is 0 Å². The number of carbonyl (C=O) groups is 4. The van der Waals surface area contributed by atoms with E-state index in [0.29, 0.717) is 0 Å². The number of carbonyl (C=O) groups excluding carboxylic acids is 4. The van der Waals surface area contributed by atoms with E-state index in [0.717, 1.165) is 21.0 Å². The topological polar surface area (TPSA) is 126 Å². The summed E-state index contributed by atoms with van der Waals surface area (Å²) in [5, 5.41) is 2.50. The fourth-order valence-electron chi connectivity index (χ4n) is 2.40. The molecule has 1 saturated heterocycles. The van der Waals surface area contributed by atoms with Crippen molar-refractivity contribution >= 4 is 23.8 Å². The van der Waals surface area contributed by atoms with Gasteiger partial charge in [0.25, 0.3) is 0 Å². The maximum absolute atomic E-state index is 12.0. The summed E-state index contributed by atoms with van der Waals surface area (Å²) in [6.45, 7) is 3.51. The van der Waals surface area contributed by atoms with E-state index in [9.17, 15) is 19.2 Å². The molecule has 24 heavy (non-hydrogen) atoms. The molecule has 0 aromatic heterocycles. The van der Waals surface area contributed by atoms with Crippen LogP contribution in [-0.2, 0) is 42.9 Å². The van der Waals surface area contributed by atoms with E-state index in [4.69, 9.17) is 18.9 Å². The van der Waals surface area contributed by atoms with E-state index in [-0.39, 0.29) is 0 Å². The Morgan fingerprint density at radius 1 is 0.917 bits per heavy atom. The molecule has 5 atom stereocenters. The smallest absolute Gasteiger partial charge is 0.337 e. The molecule has 0 radical (unpaired) electrons. The number of esters is 3. The molecule has 136 valence electrons. The maximum atomic E-state index is 12.0. The van der Waals surface area contributed by atoms with Gasteiger partial charge in [0.2, 0.25) is 12.2 Å². The van der Waals surface area contributed by atoms with Crippen molar-refractivity contribution in [3.05, 3.63) is 0 Å². The Bertz CT molecular complexity index is 506. The van der Waals surface area contributed by atoms with Crippen molar-refractivity contribution in [3.8, 4) is 0 Å². The Morgan fingerprint density at radius 2 is 1.50 bits per heavy atom. The lowest BCUT2D eigenvalue weighted by Crippen LogP contribution is -2.67. The molecule has 1 amide bonds. The molecule has 1 fully saturated rings. The van der Waals surface area contributed by atoms with Gasteiger partial charge in [0.05, 0.1) is 13.2 Å². The second-order valence-electron chi connectivity index (χ2n) is 5.06. The van der Waals surface area contributed by atoms with E-state index in [1.807, 2.05) is 0 Å². The Morgan fingerprint density at radius 3 is 1.92 bits per heavy atom. The van der Waals surface area contributed by atoms with E-state index >= 15 is 0 Å². The first kappa shape index (κ1) is 19.8. The Hall–Kier alpha value is -2.20. The number of methoxy groups -OCH3 is 2. The van der Waals surface area contributed by atoms with Crippen molar-refractivity contribution in [3.63, 3.8) is 0 Å². The normalized spacial score (nSPS) is 29.3. The predicted molar refractivity (Wildman–Crippen MR) is 76.4 cm³/mol. The fraction of sp³-hybridized carbons (Fsp3) is 0.714. The third kappa shape index (κ3) is 4.90. The molecular formula is C14H21NO9. The van der Waals surface area contributed by atoms with E-state index in [1.165, 1.54) is 14.0 Å². The van der Waals surface area contributed by atoms with Gasteiger partial charge in [0, 0.05) is 27.9 Å². The summed E-state index contributed by atoms with van der Waals surface area (Å²) in [5.41, 5.74) is 0. The summed E-state index contributed by atoms with van der Waals surface area (Å²) in [4.78, 5) is 46.1. The molecule has 10 nitrogen and oxygen atoms in total. The fourth-order valence-corrected chi connectivity index (χ4v) is 2.40. The summed E-state index contributed by atoms with van der Waals surface area (Å²) in [6.07, 6.45) is -4.92. The molecular weight excluding hydrogens is 326 g/mol. The number of nitrogens with one attached hydrogen (secondary N) is 1. The minimum atomic E-state index is -1.40.